The smallest absolute Gasteiger partial charge is 0.328 e. The van der Waals surface area contributed by atoms with E-state index in [1.54, 1.807) is 19.2 Å². The van der Waals surface area contributed by atoms with Crippen LogP contribution in [0.25, 0.3) is 6.08 Å². The van der Waals surface area contributed by atoms with Crippen LogP contribution in [-0.2, 0) is 11.2 Å². The summed E-state index contributed by atoms with van der Waals surface area (Å²) in [6.45, 7) is 0.525. The normalized spacial score (nSPS) is 10.7. The Morgan fingerprint density at radius 2 is 1.96 bits per heavy atom. The zero-order valence-electron chi connectivity index (χ0n) is 12.7. The second kappa shape index (κ2) is 8.39. The molecule has 2 rings (SSSR count). The fraction of sp³-hybridized carbons (Fsp3) is 0.167. The molecule has 0 saturated heterocycles. The molecule has 5 heteroatoms. The third-order valence-corrected chi connectivity index (χ3v) is 3.87. The minimum Gasteiger partial charge on any atom is -0.493 e. The third kappa shape index (κ3) is 5.14. The van der Waals surface area contributed by atoms with Gasteiger partial charge in [-0.25, -0.2) is 4.79 Å². The molecule has 0 aliphatic carbocycles. The number of aliphatic carboxylic acids is 1. The van der Waals surface area contributed by atoms with Gasteiger partial charge in [0.2, 0.25) is 0 Å². The standard InChI is InChI=1S/C18H17BrO4/c1-22-16-11-14(7-8-18(20)21)15(19)12-17(16)23-10-9-13-5-3-2-4-6-13/h2-8,11-12H,9-10H2,1H3,(H,20,21)/b8-7+. The van der Waals surface area contributed by atoms with E-state index in [0.29, 0.717) is 23.7 Å². The fourth-order valence-electron chi connectivity index (χ4n) is 2.04. The van der Waals surface area contributed by atoms with E-state index >= 15 is 0 Å². The molecule has 120 valence electrons. The quantitative estimate of drug-likeness (QED) is 0.736. The van der Waals surface area contributed by atoms with E-state index in [4.69, 9.17) is 14.6 Å². The van der Waals surface area contributed by atoms with Crippen molar-refractivity contribution < 1.29 is 19.4 Å². The Morgan fingerprint density at radius 1 is 1.22 bits per heavy atom. The predicted octanol–water partition coefficient (Wildman–Crippen LogP) is 4.18. The van der Waals surface area contributed by atoms with Crippen molar-refractivity contribution >= 4 is 28.0 Å². The molecule has 0 aliphatic heterocycles. The number of benzene rings is 2. The van der Waals surface area contributed by atoms with Gasteiger partial charge in [-0.05, 0) is 29.3 Å². The number of rotatable bonds is 7. The molecule has 0 unspecified atom stereocenters. The van der Waals surface area contributed by atoms with Gasteiger partial charge >= 0.3 is 5.97 Å². The summed E-state index contributed by atoms with van der Waals surface area (Å²) in [5.41, 5.74) is 1.91. The molecular formula is C18H17BrO4. The first-order valence-corrected chi connectivity index (χ1v) is 7.84. The van der Waals surface area contributed by atoms with Gasteiger partial charge in [-0.15, -0.1) is 0 Å². The number of hydrogen-bond acceptors (Lipinski definition) is 3. The largest absolute Gasteiger partial charge is 0.493 e. The van der Waals surface area contributed by atoms with Gasteiger partial charge in [0.1, 0.15) is 0 Å². The SMILES string of the molecule is COc1cc(/C=C/C(=O)O)c(Br)cc1OCCc1ccccc1. The van der Waals surface area contributed by atoms with Crippen molar-refractivity contribution in [2.45, 2.75) is 6.42 Å². The number of halogens is 1. The first-order valence-electron chi connectivity index (χ1n) is 7.05. The average molecular weight is 377 g/mol. The van der Waals surface area contributed by atoms with Crippen molar-refractivity contribution in [1.29, 1.82) is 0 Å². The van der Waals surface area contributed by atoms with Crippen LogP contribution in [0.4, 0.5) is 0 Å². The molecule has 0 aromatic heterocycles. The zero-order chi connectivity index (χ0) is 16.7. The van der Waals surface area contributed by atoms with Crippen LogP contribution in [0.1, 0.15) is 11.1 Å². The third-order valence-electron chi connectivity index (χ3n) is 3.18. The summed E-state index contributed by atoms with van der Waals surface area (Å²) in [5, 5.41) is 8.71. The zero-order valence-corrected chi connectivity index (χ0v) is 14.2. The molecule has 0 bridgehead atoms. The van der Waals surface area contributed by atoms with Crippen LogP contribution in [-0.4, -0.2) is 24.8 Å². The molecule has 0 aliphatic rings. The summed E-state index contributed by atoms with van der Waals surface area (Å²) in [5.74, 6) is 0.174. The molecule has 0 saturated carbocycles. The number of methoxy groups -OCH3 is 1. The predicted molar refractivity (Wildman–Crippen MR) is 93.0 cm³/mol. The van der Waals surface area contributed by atoms with Gasteiger partial charge < -0.3 is 14.6 Å². The van der Waals surface area contributed by atoms with Crippen LogP contribution in [0.15, 0.2) is 53.0 Å². The average Bonchev–Trinajstić information content (AvgIpc) is 2.55. The van der Waals surface area contributed by atoms with Crippen LogP contribution >= 0.6 is 15.9 Å². The summed E-state index contributed by atoms with van der Waals surface area (Å²) >= 11 is 3.42. The maximum atomic E-state index is 10.6. The van der Waals surface area contributed by atoms with Gasteiger partial charge in [0.25, 0.3) is 0 Å². The maximum Gasteiger partial charge on any atom is 0.328 e. The fourth-order valence-corrected chi connectivity index (χ4v) is 2.49. The van der Waals surface area contributed by atoms with E-state index < -0.39 is 5.97 Å². The molecular weight excluding hydrogens is 360 g/mol. The Bertz CT molecular complexity index is 696. The second-order valence-corrected chi connectivity index (χ2v) is 5.63. The summed E-state index contributed by atoms with van der Waals surface area (Å²) < 4.78 is 11.9. The number of carbonyl (C=O) groups is 1. The van der Waals surface area contributed by atoms with Crippen molar-refractivity contribution in [3.8, 4) is 11.5 Å². The molecule has 2 aromatic carbocycles. The summed E-state index contributed by atoms with van der Waals surface area (Å²) in [6, 6.07) is 13.6. The minimum absolute atomic E-state index is 0.525. The van der Waals surface area contributed by atoms with Gasteiger partial charge in [0.15, 0.2) is 11.5 Å². The highest BCUT2D eigenvalue weighted by molar-refractivity contribution is 9.10. The van der Waals surface area contributed by atoms with Gasteiger partial charge in [0, 0.05) is 17.0 Å². The Kier molecular flexibility index (Phi) is 6.23. The van der Waals surface area contributed by atoms with Crippen LogP contribution in [0.2, 0.25) is 0 Å². The topological polar surface area (TPSA) is 55.8 Å². The summed E-state index contributed by atoms with van der Waals surface area (Å²) in [4.78, 5) is 10.6. The van der Waals surface area contributed by atoms with E-state index in [-0.39, 0.29) is 0 Å². The number of carboxylic acid groups (broad SMARTS) is 1. The number of carboxylic acids is 1. The number of ether oxygens (including phenoxy) is 2. The van der Waals surface area contributed by atoms with E-state index in [1.165, 1.54) is 11.6 Å². The maximum absolute atomic E-state index is 10.6. The Balaban J connectivity index is 2.09. The first-order chi connectivity index (χ1) is 11.1. The highest BCUT2D eigenvalue weighted by atomic mass is 79.9. The van der Waals surface area contributed by atoms with E-state index in [1.807, 2.05) is 18.2 Å². The lowest BCUT2D eigenvalue weighted by Crippen LogP contribution is -2.03. The van der Waals surface area contributed by atoms with Crippen LogP contribution in [0.3, 0.4) is 0 Å². The minimum atomic E-state index is -1.00. The summed E-state index contributed by atoms with van der Waals surface area (Å²) in [6.07, 6.45) is 3.38. The Labute approximate surface area is 143 Å². The molecule has 2 aromatic rings. The molecule has 0 spiro atoms. The molecule has 0 amide bonds. The highest BCUT2D eigenvalue weighted by Crippen LogP contribution is 2.34. The van der Waals surface area contributed by atoms with E-state index in [0.717, 1.165) is 17.0 Å². The lowest BCUT2D eigenvalue weighted by atomic mass is 10.1. The molecule has 4 nitrogen and oxygen atoms in total. The second-order valence-electron chi connectivity index (χ2n) is 4.78. The van der Waals surface area contributed by atoms with Gasteiger partial charge in [-0.1, -0.05) is 46.3 Å². The Morgan fingerprint density at radius 3 is 2.61 bits per heavy atom. The lowest BCUT2D eigenvalue weighted by molar-refractivity contribution is -0.131. The van der Waals surface area contributed by atoms with Crippen LogP contribution < -0.4 is 9.47 Å². The molecule has 0 fully saturated rings. The molecule has 0 heterocycles. The van der Waals surface area contributed by atoms with Crippen molar-refractivity contribution in [2.24, 2.45) is 0 Å². The van der Waals surface area contributed by atoms with Crippen molar-refractivity contribution in [3.63, 3.8) is 0 Å². The van der Waals surface area contributed by atoms with E-state index in [2.05, 4.69) is 28.1 Å². The van der Waals surface area contributed by atoms with Crippen molar-refractivity contribution in [3.05, 3.63) is 64.1 Å². The summed E-state index contributed by atoms with van der Waals surface area (Å²) in [7, 11) is 1.55. The molecule has 0 radical (unpaired) electrons. The van der Waals surface area contributed by atoms with Crippen molar-refractivity contribution in [2.75, 3.05) is 13.7 Å². The first kappa shape index (κ1) is 17.1. The lowest BCUT2D eigenvalue weighted by Gasteiger charge is -2.13. The highest BCUT2D eigenvalue weighted by Gasteiger charge is 2.09. The van der Waals surface area contributed by atoms with Crippen LogP contribution in [0, 0.1) is 0 Å². The van der Waals surface area contributed by atoms with Crippen molar-refractivity contribution in [1.82, 2.24) is 0 Å². The van der Waals surface area contributed by atoms with Gasteiger partial charge in [-0.3, -0.25) is 0 Å². The molecule has 23 heavy (non-hydrogen) atoms. The molecule has 1 N–H and O–H groups in total. The monoisotopic (exact) mass is 376 g/mol. The molecule has 0 atom stereocenters. The van der Waals surface area contributed by atoms with E-state index in [9.17, 15) is 4.79 Å². The van der Waals surface area contributed by atoms with Crippen LogP contribution in [0.5, 0.6) is 11.5 Å². The number of hydrogen-bond donors (Lipinski definition) is 1. The Hall–Kier alpha value is -2.27. The van der Waals surface area contributed by atoms with Gasteiger partial charge in [-0.2, -0.15) is 0 Å². The van der Waals surface area contributed by atoms with Gasteiger partial charge in [0.05, 0.1) is 13.7 Å².